The highest BCUT2D eigenvalue weighted by Crippen LogP contribution is 2.32. The molecule has 1 amide bonds. The quantitative estimate of drug-likeness (QED) is 0.276. The maximum atomic E-state index is 12.8. The maximum Gasteiger partial charge on any atom is 0.325 e. The van der Waals surface area contributed by atoms with Crippen LogP contribution in [0.5, 0.6) is 5.75 Å². The van der Waals surface area contributed by atoms with Crippen molar-refractivity contribution in [2.45, 2.75) is 58.3 Å². The van der Waals surface area contributed by atoms with Crippen LogP contribution in [0.25, 0.3) is 11.1 Å². The molecule has 1 heterocycles. The molecular weight excluding hydrogens is 498 g/mol. The summed E-state index contributed by atoms with van der Waals surface area (Å²) >= 11 is 0. The molecule has 3 aromatic carbocycles. The molecule has 0 unspecified atom stereocenters. The molecule has 1 fully saturated rings. The first-order chi connectivity index (χ1) is 18.7. The van der Waals surface area contributed by atoms with Crippen molar-refractivity contribution in [2.75, 3.05) is 6.54 Å². The number of nitrogens with one attached hydrogen (secondary N) is 1. The second-order valence-electron chi connectivity index (χ2n) is 9.85. The average Bonchev–Trinajstić information content (AvgIpc) is 2.93. The molecule has 1 saturated heterocycles. The number of benzene rings is 3. The Labute approximate surface area is 227 Å². The topological polar surface area (TPSA) is 122 Å². The van der Waals surface area contributed by atoms with E-state index < -0.39 is 23.0 Å². The van der Waals surface area contributed by atoms with Crippen LogP contribution in [0, 0.1) is 17.0 Å². The normalized spacial score (nSPS) is 16.3. The van der Waals surface area contributed by atoms with E-state index in [4.69, 9.17) is 9.84 Å². The van der Waals surface area contributed by atoms with Gasteiger partial charge in [-0.1, -0.05) is 61.0 Å². The van der Waals surface area contributed by atoms with Crippen molar-refractivity contribution < 1.29 is 24.4 Å². The second-order valence-corrected chi connectivity index (χ2v) is 9.85. The number of likely N-dealkylation sites (tertiary alicyclic amines) is 1. The Bertz CT molecular complexity index is 1340. The van der Waals surface area contributed by atoms with Crippen molar-refractivity contribution >= 4 is 17.6 Å². The monoisotopic (exact) mass is 531 g/mol. The number of nitro groups is 1. The predicted octanol–water partition coefficient (Wildman–Crippen LogP) is 5.09. The molecule has 39 heavy (non-hydrogen) atoms. The van der Waals surface area contributed by atoms with Crippen molar-refractivity contribution in [2.24, 2.45) is 0 Å². The Balaban J connectivity index is 1.49. The van der Waals surface area contributed by atoms with E-state index in [2.05, 4.69) is 5.32 Å². The summed E-state index contributed by atoms with van der Waals surface area (Å²) in [6, 6.07) is 19.4. The number of aliphatic carboxylic acids is 1. The van der Waals surface area contributed by atoms with Crippen molar-refractivity contribution in [1.29, 1.82) is 0 Å². The fourth-order valence-electron chi connectivity index (χ4n) is 4.93. The number of carbonyl (C=O) groups is 2. The van der Waals surface area contributed by atoms with Gasteiger partial charge in [0.15, 0.2) is 5.75 Å². The third-order valence-electron chi connectivity index (χ3n) is 7.17. The van der Waals surface area contributed by atoms with E-state index in [-0.39, 0.29) is 24.0 Å². The van der Waals surface area contributed by atoms with Gasteiger partial charge in [0.2, 0.25) is 5.91 Å². The first kappa shape index (κ1) is 27.8. The Morgan fingerprint density at radius 3 is 2.62 bits per heavy atom. The van der Waals surface area contributed by atoms with Gasteiger partial charge in [-0.3, -0.25) is 24.6 Å². The van der Waals surface area contributed by atoms with Crippen LogP contribution in [0.2, 0.25) is 0 Å². The zero-order valence-corrected chi connectivity index (χ0v) is 22.1. The molecule has 1 aliphatic rings. The van der Waals surface area contributed by atoms with E-state index in [0.717, 1.165) is 35.1 Å². The lowest BCUT2D eigenvalue weighted by molar-refractivity contribution is -0.386. The van der Waals surface area contributed by atoms with Gasteiger partial charge in [-0.25, -0.2) is 0 Å². The van der Waals surface area contributed by atoms with Gasteiger partial charge >= 0.3 is 11.7 Å². The molecular formula is C30H33N3O6. The van der Waals surface area contributed by atoms with E-state index in [0.29, 0.717) is 25.1 Å². The van der Waals surface area contributed by atoms with Crippen molar-refractivity contribution in [3.63, 3.8) is 0 Å². The summed E-state index contributed by atoms with van der Waals surface area (Å²) in [6.07, 6.45) is 2.35. The molecule has 2 atom stereocenters. The number of carboxylic acids is 1. The lowest BCUT2D eigenvalue weighted by atomic mass is 9.97. The van der Waals surface area contributed by atoms with Gasteiger partial charge < -0.3 is 15.2 Å². The summed E-state index contributed by atoms with van der Waals surface area (Å²) in [5.41, 5.74) is 4.71. The number of hydrogen-bond acceptors (Lipinski definition) is 6. The number of hydrogen-bond donors (Lipinski definition) is 2. The number of rotatable bonds is 10. The molecule has 2 N–H and O–H groups in total. The lowest BCUT2D eigenvalue weighted by Crippen LogP contribution is -2.52. The van der Waals surface area contributed by atoms with E-state index >= 15 is 0 Å². The Hall–Kier alpha value is -4.24. The smallest absolute Gasteiger partial charge is 0.325 e. The summed E-state index contributed by atoms with van der Waals surface area (Å²) in [4.78, 5) is 37.3. The van der Waals surface area contributed by atoms with Crippen LogP contribution in [0.1, 0.15) is 42.9 Å². The Kier molecular flexibility index (Phi) is 8.93. The molecule has 0 aromatic heterocycles. The number of ether oxygens (including phenoxy) is 1. The first-order valence-corrected chi connectivity index (χ1v) is 13.1. The molecule has 9 nitrogen and oxygen atoms in total. The predicted molar refractivity (Wildman–Crippen MR) is 147 cm³/mol. The van der Waals surface area contributed by atoms with E-state index in [1.165, 1.54) is 13.0 Å². The largest absolute Gasteiger partial charge is 0.482 e. The second kappa shape index (κ2) is 12.5. The molecule has 3 aromatic rings. The van der Waals surface area contributed by atoms with Crippen LogP contribution in [-0.4, -0.2) is 45.4 Å². The van der Waals surface area contributed by atoms with Crippen LogP contribution >= 0.6 is 0 Å². The highest BCUT2D eigenvalue weighted by Gasteiger charge is 2.31. The van der Waals surface area contributed by atoms with Crippen LogP contribution in [0.3, 0.4) is 0 Å². The van der Waals surface area contributed by atoms with Crippen molar-refractivity contribution in [1.82, 2.24) is 10.2 Å². The van der Waals surface area contributed by atoms with Gasteiger partial charge in [-0.15, -0.1) is 0 Å². The molecule has 0 bridgehead atoms. The molecule has 4 rings (SSSR count). The molecule has 1 aliphatic heterocycles. The zero-order valence-electron chi connectivity index (χ0n) is 22.1. The number of nitro benzene ring substituents is 1. The van der Waals surface area contributed by atoms with Gasteiger partial charge in [0.1, 0.15) is 12.6 Å². The number of carbonyl (C=O) groups excluding carboxylic acids is 1. The standard InChI is InChI=1S/C30H33N3O6/c1-20-24(11-8-12-25(20)23-9-4-3-5-10-23)19-39-28-15-14-22(17-27(28)33(37)38)18-32-16-7-6-13-26(32)29(34)31-21(2)30(35)36/h3-5,8-12,14-15,17,21,26H,6-7,13,16,18-19H2,1-2H3,(H,31,34)(H,35,36)/t21-,26-/m0/s1. The zero-order chi connectivity index (χ0) is 27.9. The van der Waals surface area contributed by atoms with Crippen molar-refractivity contribution in [3.05, 3.63) is 93.5 Å². The summed E-state index contributed by atoms with van der Waals surface area (Å²) in [5, 5.41) is 23.6. The van der Waals surface area contributed by atoms with Gasteiger partial charge in [-0.2, -0.15) is 0 Å². The minimum absolute atomic E-state index is 0.137. The van der Waals surface area contributed by atoms with Gasteiger partial charge in [-0.05, 0) is 67.1 Å². The number of amides is 1. The Morgan fingerprint density at radius 1 is 1.13 bits per heavy atom. The van der Waals surface area contributed by atoms with Gasteiger partial charge in [0.25, 0.3) is 0 Å². The molecule has 204 valence electrons. The molecule has 0 radical (unpaired) electrons. The number of nitrogens with zero attached hydrogens (tertiary/aromatic N) is 2. The first-order valence-electron chi connectivity index (χ1n) is 13.1. The minimum atomic E-state index is -1.10. The van der Waals surface area contributed by atoms with E-state index in [1.807, 2.05) is 60.4 Å². The highest BCUT2D eigenvalue weighted by molar-refractivity contribution is 5.86. The average molecular weight is 532 g/mol. The van der Waals surface area contributed by atoms with Crippen molar-refractivity contribution in [3.8, 4) is 16.9 Å². The third-order valence-corrected chi connectivity index (χ3v) is 7.17. The van der Waals surface area contributed by atoms with E-state index in [1.54, 1.807) is 12.1 Å². The SMILES string of the molecule is Cc1c(COc2ccc(CN3CCCC[C@H]3C(=O)N[C@@H](C)C(=O)O)cc2[N+](=O)[O-])cccc1-c1ccccc1. The van der Waals surface area contributed by atoms with E-state index in [9.17, 15) is 19.7 Å². The van der Waals surface area contributed by atoms with Crippen LogP contribution in [0.15, 0.2) is 66.7 Å². The Morgan fingerprint density at radius 2 is 1.90 bits per heavy atom. The summed E-state index contributed by atoms with van der Waals surface area (Å²) < 4.78 is 5.95. The fourth-order valence-corrected chi connectivity index (χ4v) is 4.93. The minimum Gasteiger partial charge on any atom is -0.482 e. The molecule has 0 saturated carbocycles. The summed E-state index contributed by atoms with van der Waals surface area (Å²) in [7, 11) is 0. The van der Waals surface area contributed by atoms with Gasteiger partial charge in [0.05, 0.1) is 11.0 Å². The summed E-state index contributed by atoms with van der Waals surface area (Å²) in [5.74, 6) is -1.26. The highest BCUT2D eigenvalue weighted by atomic mass is 16.6. The molecule has 0 spiro atoms. The van der Waals surface area contributed by atoms with Crippen LogP contribution in [-0.2, 0) is 22.7 Å². The number of carboxylic acid groups (broad SMARTS) is 1. The number of piperidine rings is 1. The fraction of sp³-hybridized carbons (Fsp3) is 0.333. The third kappa shape index (κ3) is 6.80. The summed E-state index contributed by atoms with van der Waals surface area (Å²) in [6.45, 7) is 4.60. The maximum absolute atomic E-state index is 12.8. The van der Waals surface area contributed by atoms with Crippen LogP contribution in [0.4, 0.5) is 5.69 Å². The van der Waals surface area contributed by atoms with Crippen LogP contribution < -0.4 is 10.1 Å². The molecule has 9 heteroatoms. The molecule has 0 aliphatic carbocycles. The van der Waals surface area contributed by atoms with Gasteiger partial charge in [0, 0.05) is 12.6 Å². The lowest BCUT2D eigenvalue weighted by Gasteiger charge is -2.35.